The standard InChI is InChI=1S/C11H14ClNO/c12-9-3-1-2-8(6-9)11-7-10(14)4-5-13-11/h1-3,6,10-11,13-14H,4-5,7H2. The van der Waals surface area contributed by atoms with Crippen LogP contribution in [0.5, 0.6) is 0 Å². The van der Waals surface area contributed by atoms with Crippen molar-refractivity contribution in [2.75, 3.05) is 6.54 Å². The summed E-state index contributed by atoms with van der Waals surface area (Å²) in [4.78, 5) is 0. The van der Waals surface area contributed by atoms with E-state index >= 15 is 0 Å². The first-order chi connectivity index (χ1) is 6.75. The predicted octanol–water partition coefficient (Wildman–Crippen LogP) is 2.13. The van der Waals surface area contributed by atoms with Crippen molar-refractivity contribution < 1.29 is 5.11 Å². The number of aliphatic hydroxyl groups excluding tert-OH is 1. The number of benzene rings is 1. The molecule has 1 aliphatic heterocycles. The summed E-state index contributed by atoms with van der Waals surface area (Å²) in [5.74, 6) is 0. The molecule has 0 aromatic heterocycles. The van der Waals surface area contributed by atoms with E-state index in [2.05, 4.69) is 5.32 Å². The first kappa shape index (κ1) is 9.97. The predicted molar refractivity (Wildman–Crippen MR) is 57.4 cm³/mol. The molecule has 0 bridgehead atoms. The molecule has 2 atom stereocenters. The van der Waals surface area contributed by atoms with Crippen molar-refractivity contribution in [1.29, 1.82) is 0 Å². The normalized spacial score (nSPS) is 27.6. The third kappa shape index (κ3) is 2.27. The van der Waals surface area contributed by atoms with Crippen molar-refractivity contribution >= 4 is 11.6 Å². The topological polar surface area (TPSA) is 32.3 Å². The average Bonchev–Trinajstić information content (AvgIpc) is 2.18. The Morgan fingerprint density at radius 3 is 3.00 bits per heavy atom. The minimum absolute atomic E-state index is 0.180. The van der Waals surface area contributed by atoms with Gasteiger partial charge in [0.25, 0.3) is 0 Å². The summed E-state index contributed by atoms with van der Waals surface area (Å²) in [6.07, 6.45) is 1.44. The summed E-state index contributed by atoms with van der Waals surface area (Å²) in [6, 6.07) is 8.06. The van der Waals surface area contributed by atoms with Gasteiger partial charge < -0.3 is 10.4 Å². The summed E-state index contributed by atoms with van der Waals surface area (Å²) in [5, 5.41) is 13.7. The van der Waals surface area contributed by atoms with E-state index in [4.69, 9.17) is 11.6 Å². The van der Waals surface area contributed by atoms with Gasteiger partial charge in [0.15, 0.2) is 0 Å². The third-order valence-corrected chi connectivity index (χ3v) is 2.86. The summed E-state index contributed by atoms with van der Waals surface area (Å²) in [6.45, 7) is 0.873. The molecule has 0 amide bonds. The zero-order valence-electron chi connectivity index (χ0n) is 7.91. The van der Waals surface area contributed by atoms with Gasteiger partial charge in [-0.15, -0.1) is 0 Å². The molecular formula is C11H14ClNO. The quantitative estimate of drug-likeness (QED) is 0.746. The van der Waals surface area contributed by atoms with Gasteiger partial charge in [0.05, 0.1) is 6.10 Å². The largest absolute Gasteiger partial charge is 0.393 e. The van der Waals surface area contributed by atoms with Crippen LogP contribution in [0.4, 0.5) is 0 Å². The lowest BCUT2D eigenvalue weighted by Crippen LogP contribution is -2.34. The Labute approximate surface area is 88.9 Å². The molecular weight excluding hydrogens is 198 g/mol. The Balaban J connectivity index is 2.14. The molecule has 0 saturated carbocycles. The third-order valence-electron chi connectivity index (χ3n) is 2.63. The van der Waals surface area contributed by atoms with Crippen molar-refractivity contribution in [3.05, 3.63) is 34.9 Å². The van der Waals surface area contributed by atoms with E-state index in [1.165, 1.54) is 0 Å². The number of aliphatic hydroxyl groups is 1. The van der Waals surface area contributed by atoms with Gasteiger partial charge in [0.1, 0.15) is 0 Å². The first-order valence-electron chi connectivity index (χ1n) is 4.92. The number of rotatable bonds is 1. The van der Waals surface area contributed by atoms with Gasteiger partial charge in [-0.1, -0.05) is 23.7 Å². The van der Waals surface area contributed by atoms with Crippen molar-refractivity contribution in [2.24, 2.45) is 0 Å². The monoisotopic (exact) mass is 211 g/mol. The fraction of sp³-hybridized carbons (Fsp3) is 0.455. The Kier molecular flexibility index (Phi) is 3.06. The van der Waals surface area contributed by atoms with E-state index in [1.807, 2.05) is 24.3 Å². The molecule has 0 spiro atoms. The summed E-state index contributed by atoms with van der Waals surface area (Å²) in [7, 11) is 0. The molecule has 1 aromatic rings. The summed E-state index contributed by atoms with van der Waals surface area (Å²) >= 11 is 5.91. The molecule has 2 unspecified atom stereocenters. The molecule has 1 fully saturated rings. The SMILES string of the molecule is OC1CCNC(c2cccc(Cl)c2)C1. The second-order valence-corrected chi connectivity index (χ2v) is 4.18. The number of nitrogens with one attached hydrogen (secondary N) is 1. The van der Waals surface area contributed by atoms with Crippen LogP contribution < -0.4 is 5.32 Å². The second-order valence-electron chi connectivity index (χ2n) is 3.74. The lowest BCUT2D eigenvalue weighted by Gasteiger charge is -2.27. The fourth-order valence-corrected chi connectivity index (χ4v) is 2.07. The minimum atomic E-state index is -0.180. The van der Waals surface area contributed by atoms with Gasteiger partial charge >= 0.3 is 0 Å². The van der Waals surface area contributed by atoms with E-state index in [1.54, 1.807) is 0 Å². The van der Waals surface area contributed by atoms with Gasteiger partial charge in [-0.05, 0) is 37.1 Å². The van der Waals surface area contributed by atoms with Gasteiger partial charge in [0, 0.05) is 11.1 Å². The Bertz CT molecular complexity index is 316. The molecule has 2 N–H and O–H groups in total. The van der Waals surface area contributed by atoms with E-state index in [0.717, 1.165) is 30.0 Å². The van der Waals surface area contributed by atoms with Gasteiger partial charge in [0.2, 0.25) is 0 Å². The van der Waals surface area contributed by atoms with Crippen LogP contribution in [0, 0.1) is 0 Å². The van der Waals surface area contributed by atoms with Gasteiger partial charge in [-0.3, -0.25) is 0 Å². The Morgan fingerprint density at radius 1 is 1.43 bits per heavy atom. The molecule has 1 aliphatic rings. The van der Waals surface area contributed by atoms with Crippen LogP contribution in [-0.2, 0) is 0 Å². The van der Waals surface area contributed by atoms with E-state index in [9.17, 15) is 5.11 Å². The van der Waals surface area contributed by atoms with Gasteiger partial charge in [-0.2, -0.15) is 0 Å². The highest BCUT2D eigenvalue weighted by Gasteiger charge is 2.20. The molecule has 3 heteroatoms. The summed E-state index contributed by atoms with van der Waals surface area (Å²) < 4.78 is 0. The van der Waals surface area contributed by atoms with Gasteiger partial charge in [-0.25, -0.2) is 0 Å². The molecule has 1 aromatic carbocycles. The highest BCUT2D eigenvalue weighted by Crippen LogP contribution is 2.24. The highest BCUT2D eigenvalue weighted by molar-refractivity contribution is 6.30. The van der Waals surface area contributed by atoms with E-state index in [-0.39, 0.29) is 12.1 Å². The molecule has 14 heavy (non-hydrogen) atoms. The molecule has 76 valence electrons. The van der Waals surface area contributed by atoms with Crippen LogP contribution in [-0.4, -0.2) is 17.8 Å². The zero-order chi connectivity index (χ0) is 9.97. The maximum absolute atomic E-state index is 9.54. The molecule has 0 aliphatic carbocycles. The van der Waals surface area contributed by atoms with Crippen molar-refractivity contribution in [3.63, 3.8) is 0 Å². The molecule has 2 nitrogen and oxygen atoms in total. The molecule has 1 saturated heterocycles. The summed E-state index contributed by atoms with van der Waals surface area (Å²) in [5.41, 5.74) is 1.16. The Morgan fingerprint density at radius 2 is 2.29 bits per heavy atom. The zero-order valence-corrected chi connectivity index (χ0v) is 8.67. The van der Waals surface area contributed by atoms with Crippen LogP contribution in [0.3, 0.4) is 0 Å². The maximum atomic E-state index is 9.54. The highest BCUT2D eigenvalue weighted by atomic mass is 35.5. The molecule has 0 radical (unpaired) electrons. The van der Waals surface area contributed by atoms with Crippen molar-refractivity contribution in [1.82, 2.24) is 5.32 Å². The molecule has 1 heterocycles. The Hall–Kier alpha value is -0.570. The average molecular weight is 212 g/mol. The number of piperidine rings is 1. The maximum Gasteiger partial charge on any atom is 0.0570 e. The number of halogens is 1. The van der Waals surface area contributed by atoms with Crippen LogP contribution in [0.2, 0.25) is 5.02 Å². The fourth-order valence-electron chi connectivity index (χ4n) is 1.87. The number of hydrogen-bond acceptors (Lipinski definition) is 2. The lowest BCUT2D eigenvalue weighted by molar-refractivity contribution is 0.117. The molecule has 2 rings (SSSR count). The second kappa shape index (κ2) is 4.30. The van der Waals surface area contributed by atoms with E-state index in [0.29, 0.717) is 0 Å². The van der Waals surface area contributed by atoms with Crippen LogP contribution in [0.25, 0.3) is 0 Å². The first-order valence-corrected chi connectivity index (χ1v) is 5.30. The van der Waals surface area contributed by atoms with Crippen LogP contribution in [0.15, 0.2) is 24.3 Å². The lowest BCUT2D eigenvalue weighted by atomic mass is 9.96. The van der Waals surface area contributed by atoms with Crippen LogP contribution in [0.1, 0.15) is 24.4 Å². The van der Waals surface area contributed by atoms with E-state index < -0.39 is 0 Å². The number of hydrogen-bond donors (Lipinski definition) is 2. The smallest absolute Gasteiger partial charge is 0.0570 e. The van der Waals surface area contributed by atoms with Crippen LogP contribution >= 0.6 is 11.6 Å². The van der Waals surface area contributed by atoms with Crippen molar-refractivity contribution in [3.8, 4) is 0 Å². The van der Waals surface area contributed by atoms with Crippen molar-refractivity contribution in [2.45, 2.75) is 25.0 Å². The minimum Gasteiger partial charge on any atom is -0.393 e.